The highest BCUT2D eigenvalue weighted by Gasteiger charge is 1.87. The molecule has 1 heterocycles. The molecule has 4 heteroatoms. The van der Waals surface area contributed by atoms with E-state index in [-0.39, 0.29) is 0 Å². The van der Waals surface area contributed by atoms with E-state index < -0.39 is 0 Å². The largest absolute Gasteiger partial charge is 0.151 e. The predicted molar refractivity (Wildman–Crippen MR) is 32.1 cm³/mol. The third-order valence-corrected chi connectivity index (χ3v) is 1.00. The van der Waals surface area contributed by atoms with Crippen LogP contribution in [-0.2, 0) is 0 Å². The van der Waals surface area contributed by atoms with Crippen molar-refractivity contribution in [1.82, 2.24) is 10.2 Å². The van der Waals surface area contributed by atoms with Gasteiger partial charge >= 0.3 is 0 Å². The van der Waals surface area contributed by atoms with Gasteiger partial charge < -0.3 is 0 Å². The Morgan fingerprint density at radius 1 is 1.00 bits per heavy atom. The van der Waals surface area contributed by atoms with Crippen LogP contribution in [0.25, 0.3) is 0 Å². The molecule has 0 saturated carbocycles. The summed E-state index contributed by atoms with van der Waals surface area (Å²) in [4.78, 5) is 0. The Morgan fingerprint density at radius 3 is 1.62 bits per heavy atom. The molecule has 0 spiro atoms. The topological polar surface area (TPSA) is 25.8 Å². The van der Waals surface area contributed by atoms with Crippen LogP contribution in [0, 0.1) is 0 Å². The van der Waals surface area contributed by atoms with Crippen LogP contribution in [0.1, 0.15) is 0 Å². The number of hydrogen-bond acceptors (Lipinski definition) is 2. The van der Waals surface area contributed by atoms with Gasteiger partial charge in [0.1, 0.15) is 0 Å². The zero-order valence-corrected chi connectivity index (χ0v) is 5.32. The summed E-state index contributed by atoms with van der Waals surface area (Å²) in [7, 11) is 0. The van der Waals surface area contributed by atoms with Crippen molar-refractivity contribution in [2.45, 2.75) is 0 Å². The second-order valence-corrected chi connectivity index (χ2v) is 1.95. The fraction of sp³-hybridized carbons (Fsp3) is 0. The highest BCUT2D eigenvalue weighted by Crippen LogP contribution is 2.05. The van der Waals surface area contributed by atoms with Crippen molar-refractivity contribution < 1.29 is 0 Å². The van der Waals surface area contributed by atoms with Gasteiger partial charge in [-0.1, -0.05) is 23.2 Å². The van der Waals surface area contributed by atoms with Crippen LogP contribution < -0.4 is 0 Å². The van der Waals surface area contributed by atoms with E-state index in [0.29, 0.717) is 10.3 Å². The van der Waals surface area contributed by atoms with Crippen LogP contribution in [-0.4, -0.2) is 10.2 Å². The maximum atomic E-state index is 5.38. The first-order valence-corrected chi connectivity index (χ1v) is 2.69. The molecule has 1 rings (SSSR count). The molecule has 0 aliphatic carbocycles. The molecule has 0 radical (unpaired) electrons. The molecule has 0 aliphatic rings. The van der Waals surface area contributed by atoms with Crippen molar-refractivity contribution in [2.24, 2.45) is 0 Å². The molecule has 1 aromatic rings. The Balaban J connectivity index is 3.03. The number of hydrogen-bond donors (Lipinski definition) is 0. The second-order valence-electron chi connectivity index (χ2n) is 1.18. The number of rotatable bonds is 0. The first kappa shape index (κ1) is 5.79. The van der Waals surface area contributed by atoms with Crippen molar-refractivity contribution in [3.63, 3.8) is 0 Å². The Morgan fingerprint density at radius 2 is 1.38 bits per heavy atom. The minimum absolute atomic E-state index is 0.356. The molecule has 0 unspecified atom stereocenters. The molecule has 42 valence electrons. The normalized spacial score (nSPS) is 9.25. The van der Waals surface area contributed by atoms with Gasteiger partial charge in [-0.15, -0.1) is 10.2 Å². The first-order chi connectivity index (χ1) is 3.79. The van der Waals surface area contributed by atoms with Crippen molar-refractivity contribution in [3.8, 4) is 0 Å². The molecule has 0 atom stereocenters. The van der Waals surface area contributed by atoms with Crippen LogP contribution in [0.4, 0.5) is 0 Å². The van der Waals surface area contributed by atoms with Gasteiger partial charge in [-0.2, -0.15) is 0 Å². The maximum absolute atomic E-state index is 5.38. The molecule has 0 aromatic carbocycles. The lowest BCUT2D eigenvalue weighted by molar-refractivity contribution is 1.03. The minimum Gasteiger partial charge on any atom is -0.137 e. The quantitative estimate of drug-likeness (QED) is 0.564. The lowest BCUT2D eigenvalue weighted by Gasteiger charge is -1.83. The smallest absolute Gasteiger partial charge is 0.137 e. The first-order valence-electron chi connectivity index (χ1n) is 1.94. The second kappa shape index (κ2) is 2.29. The summed E-state index contributed by atoms with van der Waals surface area (Å²) in [6.07, 6.45) is 0. The molecule has 0 amide bonds. The van der Waals surface area contributed by atoms with Gasteiger partial charge in [0.25, 0.3) is 0 Å². The molecule has 0 saturated heterocycles. The average Bonchev–Trinajstić information content (AvgIpc) is 1.77. The van der Waals surface area contributed by atoms with E-state index in [4.69, 9.17) is 23.2 Å². The third kappa shape index (κ3) is 1.32. The SMILES string of the molecule is Clc1[13cH][13cH]c(Cl)nn1. The summed E-state index contributed by atoms with van der Waals surface area (Å²) in [6.45, 7) is 0. The number of halogens is 2. The molecule has 0 bridgehead atoms. The van der Waals surface area contributed by atoms with Crippen LogP contribution in [0.5, 0.6) is 0 Å². The zero-order chi connectivity index (χ0) is 5.98. The van der Waals surface area contributed by atoms with Crippen molar-refractivity contribution >= 4 is 23.2 Å². The van der Waals surface area contributed by atoms with Crippen LogP contribution in [0.3, 0.4) is 0 Å². The summed E-state index contributed by atoms with van der Waals surface area (Å²) in [5.41, 5.74) is 0. The summed E-state index contributed by atoms with van der Waals surface area (Å²) in [5, 5.41) is 7.64. The van der Waals surface area contributed by atoms with Crippen molar-refractivity contribution in [2.75, 3.05) is 0 Å². The Labute approximate surface area is 56.4 Å². The van der Waals surface area contributed by atoms with Crippen LogP contribution in [0.2, 0.25) is 10.3 Å². The van der Waals surface area contributed by atoms with Crippen molar-refractivity contribution in [1.29, 1.82) is 0 Å². The minimum atomic E-state index is 0.356. The molecule has 0 aliphatic heterocycles. The van der Waals surface area contributed by atoms with E-state index in [1.165, 1.54) is 0 Å². The average molecular weight is 151 g/mol. The zero-order valence-electron chi connectivity index (χ0n) is 3.81. The molecule has 0 fully saturated rings. The monoisotopic (exact) mass is 150 g/mol. The van der Waals surface area contributed by atoms with Gasteiger partial charge in [-0.05, 0) is 12.1 Å². The molecular formula is C4H2Cl2N2. The van der Waals surface area contributed by atoms with E-state index in [0.717, 1.165) is 0 Å². The Hall–Kier alpha value is -0.340. The molecular weight excluding hydrogens is 149 g/mol. The van der Waals surface area contributed by atoms with E-state index in [2.05, 4.69) is 10.2 Å². The molecule has 2 nitrogen and oxygen atoms in total. The van der Waals surface area contributed by atoms with Crippen molar-refractivity contribution in [3.05, 3.63) is 22.4 Å². The van der Waals surface area contributed by atoms with Gasteiger partial charge in [0.2, 0.25) is 0 Å². The summed E-state index contributed by atoms with van der Waals surface area (Å²) in [5.74, 6) is 0. The number of nitrogens with zero attached hydrogens (tertiary/aromatic N) is 2. The fourth-order valence-electron chi connectivity index (χ4n) is 0.300. The van der Waals surface area contributed by atoms with Crippen LogP contribution >= 0.6 is 23.2 Å². The summed E-state index contributed by atoms with van der Waals surface area (Å²) < 4.78 is 0. The van der Waals surface area contributed by atoms with E-state index in [1.807, 2.05) is 0 Å². The highest BCUT2D eigenvalue weighted by atomic mass is 35.5. The highest BCUT2D eigenvalue weighted by molar-refractivity contribution is 6.31. The van der Waals surface area contributed by atoms with E-state index in [1.54, 1.807) is 12.1 Å². The molecule has 1 aromatic heterocycles. The Bertz CT molecular complexity index is 151. The molecule has 8 heavy (non-hydrogen) atoms. The van der Waals surface area contributed by atoms with Gasteiger partial charge in [-0.3, -0.25) is 0 Å². The molecule has 0 N–H and O–H groups in total. The predicted octanol–water partition coefficient (Wildman–Crippen LogP) is 1.78. The van der Waals surface area contributed by atoms with Gasteiger partial charge in [0.05, 0.1) is 0 Å². The maximum Gasteiger partial charge on any atom is 0.151 e. The Kier molecular flexibility index (Phi) is 1.65. The van der Waals surface area contributed by atoms with Gasteiger partial charge in [0, 0.05) is 0 Å². The third-order valence-electron chi connectivity index (χ3n) is 0.599. The standard InChI is InChI=1S/C4H2Cl2N2/c5-3-1-2-4(6)8-7-3/h1-2H/i1+1,2+1. The lowest BCUT2D eigenvalue weighted by Crippen LogP contribution is -1.78. The summed E-state index contributed by atoms with van der Waals surface area (Å²) in [6, 6.07) is 3.16. The van der Waals surface area contributed by atoms with Gasteiger partial charge in [-0.25, -0.2) is 0 Å². The van der Waals surface area contributed by atoms with E-state index >= 15 is 0 Å². The van der Waals surface area contributed by atoms with Gasteiger partial charge in [0.15, 0.2) is 10.3 Å². The fourth-order valence-corrected chi connectivity index (χ4v) is 0.501. The lowest BCUT2D eigenvalue weighted by atomic mass is 11.1. The summed E-state index contributed by atoms with van der Waals surface area (Å²) >= 11 is 10.8. The number of aromatic nitrogens is 2. The van der Waals surface area contributed by atoms with E-state index in [9.17, 15) is 0 Å². The van der Waals surface area contributed by atoms with Crippen LogP contribution in [0.15, 0.2) is 12.1 Å².